The van der Waals surface area contributed by atoms with E-state index in [1.807, 2.05) is 31.2 Å². The number of aromatic nitrogens is 2. The van der Waals surface area contributed by atoms with Gasteiger partial charge < -0.3 is 14.4 Å². The number of morpholine rings is 1. The van der Waals surface area contributed by atoms with E-state index in [0.717, 1.165) is 11.3 Å². The molecule has 0 aliphatic carbocycles. The highest BCUT2D eigenvalue weighted by atomic mass is 16.5. The molecular weight excluding hydrogens is 322 g/mol. The first-order valence-electron chi connectivity index (χ1n) is 8.32. The topological polar surface area (TPSA) is 73.7 Å². The molecule has 0 unspecified atom stereocenters. The third kappa shape index (κ3) is 4.24. The summed E-state index contributed by atoms with van der Waals surface area (Å²) in [4.78, 5) is 30.6. The third-order valence-electron chi connectivity index (χ3n) is 4.01. The summed E-state index contributed by atoms with van der Waals surface area (Å²) in [6.45, 7) is 4.72. The Balaban J connectivity index is 1.72. The van der Waals surface area contributed by atoms with Crippen LogP contribution in [0.5, 0.6) is 5.75 Å². The van der Waals surface area contributed by atoms with Gasteiger partial charge in [0.1, 0.15) is 12.3 Å². The van der Waals surface area contributed by atoms with Gasteiger partial charge in [0, 0.05) is 24.7 Å². The van der Waals surface area contributed by atoms with E-state index in [9.17, 15) is 9.59 Å². The maximum atomic E-state index is 12.3. The number of rotatable bonds is 5. The summed E-state index contributed by atoms with van der Waals surface area (Å²) in [5.41, 5.74) is 1.15. The minimum Gasteiger partial charge on any atom is -0.494 e. The highest BCUT2D eigenvalue weighted by Crippen LogP contribution is 2.19. The minimum atomic E-state index is -0.250. The van der Waals surface area contributed by atoms with Gasteiger partial charge in [0.15, 0.2) is 0 Å². The van der Waals surface area contributed by atoms with Gasteiger partial charge in [-0.05, 0) is 31.2 Å². The molecule has 2 aromatic rings. The van der Waals surface area contributed by atoms with Crippen LogP contribution in [0.25, 0.3) is 11.3 Å². The second-order valence-corrected chi connectivity index (χ2v) is 5.69. The molecule has 1 aliphatic rings. The molecule has 1 aliphatic heterocycles. The lowest BCUT2D eigenvalue weighted by atomic mass is 10.1. The quantitative estimate of drug-likeness (QED) is 0.815. The molecule has 3 rings (SSSR count). The molecule has 1 aromatic heterocycles. The van der Waals surface area contributed by atoms with Crippen LogP contribution in [0, 0.1) is 0 Å². The van der Waals surface area contributed by atoms with E-state index in [-0.39, 0.29) is 18.0 Å². The molecule has 1 amide bonds. The molecule has 0 N–H and O–H groups in total. The fourth-order valence-electron chi connectivity index (χ4n) is 2.65. The third-order valence-corrected chi connectivity index (χ3v) is 4.01. The summed E-state index contributed by atoms with van der Waals surface area (Å²) in [6, 6.07) is 8.84. The second-order valence-electron chi connectivity index (χ2n) is 5.69. The van der Waals surface area contributed by atoms with Crippen LogP contribution in [-0.2, 0) is 16.1 Å². The fraction of sp³-hybridized carbons (Fsp3) is 0.389. The van der Waals surface area contributed by atoms with Crippen LogP contribution < -0.4 is 10.3 Å². The summed E-state index contributed by atoms with van der Waals surface area (Å²) in [5, 5.41) is 0. The first-order chi connectivity index (χ1) is 12.2. The van der Waals surface area contributed by atoms with Gasteiger partial charge in [-0.3, -0.25) is 14.2 Å². The van der Waals surface area contributed by atoms with Crippen molar-refractivity contribution in [3.05, 3.63) is 47.0 Å². The van der Waals surface area contributed by atoms with Crippen LogP contribution in [0.1, 0.15) is 6.92 Å². The van der Waals surface area contributed by atoms with Crippen LogP contribution in [0.3, 0.4) is 0 Å². The maximum absolute atomic E-state index is 12.3. The lowest BCUT2D eigenvalue weighted by molar-refractivity contribution is -0.135. The van der Waals surface area contributed by atoms with Crippen LogP contribution in [0.4, 0.5) is 0 Å². The Morgan fingerprint density at radius 3 is 2.60 bits per heavy atom. The van der Waals surface area contributed by atoms with Gasteiger partial charge in [0.05, 0.1) is 31.8 Å². The van der Waals surface area contributed by atoms with Crippen LogP contribution in [0.15, 0.2) is 41.5 Å². The van der Waals surface area contributed by atoms with Gasteiger partial charge >= 0.3 is 0 Å². The van der Waals surface area contributed by atoms with Crippen LogP contribution in [-0.4, -0.2) is 53.3 Å². The molecule has 1 saturated heterocycles. The predicted molar refractivity (Wildman–Crippen MR) is 92.5 cm³/mol. The zero-order valence-corrected chi connectivity index (χ0v) is 14.2. The molecular formula is C18H21N3O4. The lowest BCUT2D eigenvalue weighted by Crippen LogP contribution is -2.43. The molecule has 25 heavy (non-hydrogen) atoms. The molecule has 0 radical (unpaired) electrons. The molecule has 7 nitrogen and oxygen atoms in total. The van der Waals surface area contributed by atoms with Crippen molar-refractivity contribution < 1.29 is 14.3 Å². The Bertz CT molecular complexity index is 780. The van der Waals surface area contributed by atoms with Crippen molar-refractivity contribution in [2.45, 2.75) is 13.5 Å². The number of nitrogens with zero attached hydrogens (tertiary/aromatic N) is 3. The Morgan fingerprint density at radius 1 is 1.24 bits per heavy atom. The number of carbonyl (C=O) groups is 1. The fourth-order valence-corrected chi connectivity index (χ4v) is 2.65. The number of amides is 1. The predicted octanol–water partition coefficient (Wildman–Crippen LogP) is 1.17. The smallest absolute Gasteiger partial charge is 0.254 e. The van der Waals surface area contributed by atoms with Crippen molar-refractivity contribution >= 4 is 5.91 Å². The maximum Gasteiger partial charge on any atom is 0.254 e. The Kier molecular flexibility index (Phi) is 5.45. The van der Waals surface area contributed by atoms with Gasteiger partial charge in [0.2, 0.25) is 5.91 Å². The normalized spacial score (nSPS) is 14.4. The van der Waals surface area contributed by atoms with Crippen molar-refractivity contribution in [2.75, 3.05) is 32.9 Å². The summed E-state index contributed by atoms with van der Waals surface area (Å²) in [6.07, 6.45) is 1.42. The van der Waals surface area contributed by atoms with E-state index in [4.69, 9.17) is 9.47 Å². The molecule has 132 valence electrons. The Morgan fingerprint density at radius 2 is 1.96 bits per heavy atom. The molecule has 0 saturated carbocycles. The van der Waals surface area contributed by atoms with Crippen molar-refractivity contribution in [2.24, 2.45) is 0 Å². The van der Waals surface area contributed by atoms with E-state index in [1.54, 1.807) is 4.90 Å². The second kappa shape index (κ2) is 7.94. The van der Waals surface area contributed by atoms with Gasteiger partial charge in [0.25, 0.3) is 5.56 Å². The summed E-state index contributed by atoms with van der Waals surface area (Å²) < 4.78 is 12.0. The largest absolute Gasteiger partial charge is 0.494 e. The standard InChI is InChI=1S/C18H21N3O4/c1-2-25-15-5-3-14(4-6-15)16-11-17(22)21(13-19-16)12-18(23)20-7-9-24-10-8-20/h3-6,11,13H,2,7-10,12H2,1H3. The molecule has 0 bridgehead atoms. The van der Waals surface area contributed by atoms with E-state index < -0.39 is 0 Å². The zero-order valence-electron chi connectivity index (χ0n) is 14.2. The molecule has 0 atom stereocenters. The Labute approximate surface area is 145 Å². The van der Waals surface area contributed by atoms with E-state index >= 15 is 0 Å². The molecule has 2 heterocycles. The number of hydrogen-bond acceptors (Lipinski definition) is 5. The molecule has 1 fully saturated rings. The highest BCUT2D eigenvalue weighted by molar-refractivity contribution is 5.76. The molecule has 7 heteroatoms. The van der Waals surface area contributed by atoms with Crippen LogP contribution in [0.2, 0.25) is 0 Å². The van der Waals surface area contributed by atoms with E-state index in [0.29, 0.717) is 38.6 Å². The minimum absolute atomic E-state index is 0.00457. The first-order valence-corrected chi connectivity index (χ1v) is 8.32. The van der Waals surface area contributed by atoms with Crippen molar-refractivity contribution in [1.29, 1.82) is 0 Å². The monoisotopic (exact) mass is 343 g/mol. The van der Waals surface area contributed by atoms with Crippen molar-refractivity contribution in [3.8, 4) is 17.0 Å². The van der Waals surface area contributed by atoms with E-state index in [1.165, 1.54) is 17.0 Å². The summed E-state index contributed by atoms with van der Waals surface area (Å²) in [7, 11) is 0. The SMILES string of the molecule is CCOc1ccc(-c2cc(=O)n(CC(=O)N3CCOCC3)cn2)cc1. The average Bonchev–Trinajstić information content (AvgIpc) is 2.65. The van der Waals surface area contributed by atoms with Crippen molar-refractivity contribution in [3.63, 3.8) is 0 Å². The Hall–Kier alpha value is -2.67. The molecule has 1 aromatic carbocycles. The lowest BCUT2D eigenvalue weighted by Gasteiger charge is -2.26. The first kappa shape index (κ1) is 17.2. The van der Waals surface area contributed by atoms with Gasteiger partial charge in [-0.2, -0.15) is 0 Å². The number of hydrogen-bond donors (Lipinski definition) is 0. The van der Waals surface area contributed by atoms with Crippen LogP contribution >= 0.6 is 0 Å². The molecule has 0 spiro atoms. The van der Waals surface area contributed by atoms with Gasteiger partial charge in [-0.25, -0.2) is 4.98 Å². The summed E-state index contributed by atoms with van der Waals surface area (Å²) >= 11 is 0. The number of ether oxygens (including phenoxy) is 2. The van der Waals surface area contributed by atoms with Gasteiger partial charge in [-0.15, -0.1) is 0 Å². The van der Waals surface area contributed by atoms with E-state index in [2.05, 4.69) is 4.98 Å². The average molecular weight is 343 g/mol. The zero-order chi connectivity index (χ0) is 17.6. The number of benzene rings is 1. The van der Waals surface area contributed by atoms with Crippen molar-refractivity contribution in [1.82, 2.24) is 14.5 Å². The van der Waals surface area contributed by atoms with Gasteiger partial charge in [-0.1, -0.05) is 0 Å². The number of carbonyl (C=O) groups excluding carboxylic acids is 1. The summed E-state index contributed by atoms with van der Waals surface area (Å²) in [5.74, 6) is 0.678. The highest BCUT2D eigenvalue weighted by Gasteiger charge is 2.17.